The zero-order valence-corrected chi connectivity index (χ0v) is 11.0. The minimum Gasteiger partial charge on any atom is -0.381 e. The normalized spacial score (nSPS) is 18.1. The van der Waals surface area contributed by atoms with E-state index in [-0.39, 0.29) is 5.82 Å². The van der Waals surface area contributed by atoms with E-state index in [0.29, 0.717) is 44.2 Å². The minimum absolute atomic E-state index is 0.259. The molecule has 5 nitrogen and oxygen atoms in total. The number of halogens is 1. The molecule has 106 valence electrons. The maximum absolute atomic E-state index is 12.8. The molecule has 1 aromatic carbocycles. The molecule has 2 heterocycles. The van der Waals surface area contributed by atoms with Gasteiger partial charge in [-0.05, 0) is 30.5 Å². The fourth-order valence-corrected chi connectivity index (χ4v) is 2.26. The van der Waals surface area contributed by atoms with Crippen LogP contribution in [0.4, 0.5) is 4.39 Å². The predicted molar refractivity (Wildman–Crippen MR) is 69.4 cm³/mol. The highest BCUT2D eigenvalue weighted by molar-refractivity contribution is 5.19. The highest BCUT2D eigenvalue weighted by Gasteiger charge is 2.35. The number of aromatic nitrogens is 2. The van der Waals surface area contributed by atoms with E-state index in [9.17, 15) is 4.39 Å². The molecular formula is C14H16FN3O2. The maximum atomic E-state index is 12.8. The standard InChI is InChI=1S/C14H16FN3O2/c15-11-3-1-10(2-4-11)9-12-17-13(20-18-12)14(16)5-7-19-8-6-14/h1-4H,5-9,16H2. The first-order chi connectivity index (χ1) is 9.66. The van der Waals surface area contributed by atoms with Crippen molar-refractivity contribution >= 4 is 0 Å². The molecule has 1 aromatic heterocycles. The summed E-state index contributed by atoms with van der Waals surface area (Å²) in [5.41, 5.74) is 6.62. The average molecular weight is 277 g/mol. The first kappa shape index (κ1) is 13.2. The van der Waals surface area contributed by atoms with Crippen molar-refractivity contribution in [1.82, 2.24) is 10.1 Å². The van der Waals surface area contributed by atoms with E-state index in [2.05, 4.69) is 10.1 Å². The summed E-state index contributed by atoms with van der Waals surface area (Å²) in [6, 6.07) is 6.24. The second-order valence-electron chi connectivity index (χ2n) is 5.09. The maximum Gasteiger partial charge on any atom is 0.246 e. The second-order valence-corrected chi connectivity index (χ2v) is 5.09. The number of benzene rings is 1. The molecule has 1 saturated heterocycles. The zero-order valence-electron chi connectivity index (χ0n) is 11.0. The van der Waals surface area contributed by atoms with Gasteiger partial charge in [0.2, 0.25) is 5.89 Å². The Kier molecular flexibility index (Phi) is 3.50. The Morgan fingerprint density at radius 3 is 2.60 bits per heavy atom. The summed E-state index contributed by atoms with van der Waals surface area (Å²) < 4.78 is 23.4. The monoisotopic (exact) mass is 277 g/mol. The molecule has 0 atom stereocenters. The zero-order chi connectivity index (χ0) is 14.0. The SMILES string of the molecule is NC1(c2nc(Cc3ccc(F)cc3)no2)CCOCC1. The summed E-state index contributed by atoms with van der Waals surface area (Å²) in [6.45, 7) is 1.21. The molecule has 1 fully saturated rings. The largest absolute Gasteiger partial charge is 0.381 e. The summed E-state index contributed by atoms with van der Waals surface area (Å²) in [4.78, 5) is 4.37. The molecule has 0 aliphatic carbocycles. The van der Waals surface area contributed by atoms with Crippen LogP contribution in [-0.2, 0) is 16.7 Å². The van der Waals surface area contributed by atoms with Gasteiger partial charge in [0.25, 0.3) is 0 Å². The minimum atomic E-state index is -0.591. The first-order valence-corrected chi connectivity index (χ1v) is 6.60. The van der Waals surface area contributed by atoms with E-state index in [4.69, 9.17) is 15.0 Å². The van der Waals surface area contributed by atoms with Crippen LogP contribution in [0.5, 0.6) is 0 Å². The number of hydrogen-bond donors (Lipinski definition) is 1. The molecule has 1 aliphatic rings. The lowest BCUT2D eigenvalue weighted by Gasteiger charge is -2.29. The van der Waals surface area contributed by atoms with Crippen molar-refractivity contribution < 1.29 is 13.7 Å². The van der Waals surface area contributed by atoms with Crippen LogP contribution < -0.4 is 5.73 Å². The highest BCUT2D eigenvalue weighted by Crippen LogP contribution is 2.28. The van der Waals surface area contributed by atoms with Crippen molar-refractivity contribution in [3.05, 3.63) is 47.4 Å². The van der Waals surface area contributed by atoms with E-state index in [1.807, 2.05) is 0 Å². The van der Waals surface area contributed by atoms with Crippen LogP contribution in [0.2, 0.25) is 0 Å². The number of nitrogens with zero attached hydrogens (tertiary/aromatic N) is 2. The molecule has 2 aromatic rings. The predicted octanol–water partition coefficient (Wildman–Crippen LogP) is 1.76. The van der Waals surface area contributed by atoms with Crippen molar-refractivity contribution in [2.75, 3.05) is 13.2 Å². The molecule has 1 aliphatic heterocycles. The van der Waals surface area contributed by atoms with Gasteiger partial charge in [-0.3, -0.25) is 0 Å². The topological polar surface area (TPSA) is 74.2 Å². The number of rotatable bonds is 3. The van der Waals surface area contributed by atoms with E-state index >= 15 is 0 Å². The lowest BCUT2D eigenvalue weighted by Crippen LogP contribution is -2.42. The van der Waals surface area contributed by atoms with Crippen LogP contribution >= 0.6 is 0 Å². The van der Waals surface area contributed by atoms with Gasteiger partial charge >= 0.3 is 0 Å². The lowest BCUT2D eigenvalue weighted by atomic mass is 9.91. The molecule has 0 bridgehead atoms. The smallest absolute Gasteiger partial charge is 0.246 e. The fraction of sp³-hybridized carbons (Fsp3) is 0.429. The third-order valence-electron chi connectivity index (χ3n) is 3.55. The van der Waals surface area contributed by atoms with Gasteiger partial charge in [0.1, 0.15) is 11.4 Å². The van der Waals surface area contributed by atoms with Crippen LogP contribution in [0.3, 0.4) is 0 Å². The van der Waals surface area contributed by atoms with Gasteiger partial charge in [-0.2, -0.15) is 4.98 Å². The molecular weight excluding hydrogens is 261 g/mol. The Balaban J connectivity index is 1.74. The fourth-order valence-electron chi connectivity index (χ4n) is 2.26. The molecule has 0 unspecified atom stereocenters. The molecule has 6 heteroatoms. The van der Waals surface area contributed by atoms with E-state index in [1.54, 1.807) is 12.1 Å². The molecule has 2 N–H and O–H groups in total. The van der Waals surface area contributed by atoms with Crippen LogP contribution in [0.15, 0.2) is 28.8 Å². The number of nitrogens with two attached hydrogens (primary N) is 1. The third kappa shape index (κ3) is 2.71. The van der Waals surface area contributed by atoms with Crippen LogP contribution in [0.1, 0.15) is 30.1 Å². The van der Waals surface area contributed by atoms with Gasteiger partial charge in [0.15, 0.2) is 5.82 Å². The van der Waals surface area contributed by atoms with Gasteiger partial charge in [-0.15, -0.1) is 0 Å². The Morgan fingerprint density at radius 1 is 1.20 bits per heavy atom. The van der Waals surface area contributed by atoms with Crippen LogP contribution in [-0.4, -0.2) is 23.4 Å². The van der Waals surface area contributed by atoms with Crippen molar-refractivity contribution in [3.8, 4) is 0 Å². The summed E-state index contributed by atoms with van der Waals surface area (Å²) in [6.07, 6.45) is 1.84. The molecule has 0 amide bonds. The lowest BCUT2D eigenvalue weighted by molar-refractivity contribution is 0.0400. The molecule has 0 radical (unpaired) electrons. The van der Waals surface area contributed by atoms with E-state index in [0.717, 1.165) is 5.56 Å². The number of hydrogen-bond acceptors (Lipinski definition) is 5. The summed E-state index contributed by atoms with van der Waals surface area (Å²) in [5.74, 6) is 0.756. The Bertz CT molecular complexity index is 576. The second kappa shape index (κ2) is 5.30. The van der Waals surface area contributed by atoms with Crippen LogP contribution in [0.25, 0.3) is 0 Å². The van der Waals surface area contributed by atoms with Gasteiger partial charge in [-0.1, -0.05) is 17.3 Å². The Hall–Kier alpha value is -1.79. The third-order valence-corrected chi connectivity index (χ3v) is 3.55. The summed E-state index contributed by atoms with van der Waals surface area (Å²) in [5, 5.41) is 3.95. The van der Waals surface area contributed by atoms with Gasteiger partial charge in [0, 0.05) is 19.6 Å². The number of ether oxygens (including phenoxy) is 1. The molecule has 20 heavy (non-hydrogen) atoms. The van der Waals surface area contributed by atoms with E-state index < -0.39 is 5.54 Å². The molecule has 3 rings (SSSR count). The van der Waals surface area contributed by atoms with Crippen molar-refractivity contribution in [2.45, 2.75) is 24.8 Å². The van der Waals surface area contributed by atoms with Crippen LogP contribution in [0, 0.1) is 5.82 Å². The first-order valence-electron chi connectivity index (χ1n) is 6.60. The molecule has 0 spiro atoms. The molecule has 0 saturated carbocycles. The Morgan fingerprint density at radius 2 is 1.90 bits per heavy atom. The quantitative estimate of drug-likeness (QED) is 0.925. The van der Waals surface area contributed by atoms with E-state index in [1.165, 1.54) is 12.1 Å². The van der Waals surface area contributed by atoms with Crippen molar-refractivity contribution in [2.24, 2.45) is 5.73 Å². The van der Waals surface area contributed by atoms with Crippen molar-refractivity contribution in [3.63, 3.8) is 0 Å². The average Bonchev–Trinajstić information content (AvgIpc) is 2.92. The summed E-state index contributed by atoms with van der Waals surface area (Å²) >= 11 is 0. The van der Waals surface area contributed by atoms with Gasteiger partial charge in [0.05, 0.1) is 0 Å². The Labute approximate surface area is 115 Å². The van der Waals surface area contributed by atoms with Gasteiger partial charge in [-0.25, -0.2) is 4.39 Å². The van der Waals surface area contributed by atoms with Crippen molar-refractivity contribution in [1.29, 1.82) is 0 Å². The van der Waals surface area contributed by atoms with Gasteiger partial charge < -0.3 is 15.0 Å². The highest BCUT2D eigenvalue weighted by atomic mass is 19.1. The summed E-state index contributed by atoms with van der Waals surface area (Å²) in [7, 11) is 0.